The maximum absolute atomic E-state index is 11.8. The molecule has 16 heavy (non-hydrogen) atoms. The molecule has 0 saturated carbocycles. The number of aryl methyl sites for hydroxylation is 1. The molecule has 0 radical (unpaired) electrons. The van der Waals surface area contributed by atoms with Crippen molar-refractivity contribution in [1.29, 1.82) is 0 Å². The standard InChI is InChI=1S/C9H10ClF3N2O/c1-5-6(2)14-7(15-8(5)10)3-16-4-9(11,12)13/h3-4H2,1-2H3. The summed E-state index contributed by atoms with van der Waals surface area (Å²) in [7, 11) is 0. The summed E-state index contributed by atoms with van der Waals surface area (Å²) in [6, 6.07) is 0. The molecule has 7 heteroatoms. The Morgan fingerprint density at radius 3 is 2.38 bits per heavy atom. The fourth-order valence-corrected chi connectivity index (χ4v) is 1.21. The Kier molecular flexibility index (Phi) is 4.09. The van der Waals surface area contributed by atoms with Gasteiger partial charge < -0.3 is 4.74 Å². The monoisotopic (exact) mass is 254 g/mol. The predicted octanol–water partition coefficient (Wildman–Crippen LogP) is 2.83. The third-order valence-electron chi connectivity index (χ3n) is 1.87. The average Bonchev–Trinajstić information content (AvgIpc) is 2.12. The zero-order chi connectivity index (χ0) is 12.3. The molecular formula is C9H10ClF3N2O. The first kappa shape index (κ1) is 13.2. The van der Waals surface area contributed by atoms with E-state index in [9.17, 15) is 13.2 Å². The largest absolute Gasteiger partial charge is 0.411 e. The molecule has 90 valence electrons. The van der Waals surface area contributed by atoms with E-state index in [2.05, 4.69) is 14.7 Å². The van der Waals surface area contributed by atoms with Gasteiger partial charge in [-0.15, -0.1) is 0 Å². The zero-order valence-corrected chi connectivity index (χ0v) is 9.48. The van der Waals surface area contributed by atoms with E-state index in [-0.39, 0.29) is 17.6 Å². The van der Waals surface area contributed by atoms with E-state index < -0.39 is 12.8 Å². The van der Waals surface area contributed by atoms with Crippen LogP contribution in [0.25, 0.3) is 0 Å². The zero-order valence-electron chi connectivity index (χ0n) is 8.73. The van der Waals surface area contributed by atoms with Gasteiger partial charge in [0.05, 0.1) is 0 Å². The second kappa shape index (κ2) is 4.97. The van der Waals surface area contributed by atoms with Crippen LogP contribution in [0.5, 0.6) is 0 Å². The number of halogens is 4. The maximum Gasteiger partial charge on any atom is 0.411 e. The van der Waals surface area contributed by atoms with E-state index in [1.807, 2.05) is 0 Å². The van der Waals surface area contributed by atoms with Crippen LogP contribution in [0.4, 0.5) is 13.2 Å². The molecule has 1 rings (SSSR count). The van der Waals surface area contributed by atoms with E-state index in [4.69, 9.17) is 11.6 Å². The molecule has 0 N–H and O–H groups in total. The van der Waals surface area contributed by atoms with Crippen LogP contribution in [0.3, 0.4) is 0 Å². The van der Waals surface area contributed by atoms with Crippen molar-refractivity contribution in [1.82, 2.24) is 9.97 Å². The van der Waals surface area contributed by atoms with Gasteiger partial charge in [-0.25, -0.2) is 9.97 Å². The Bertz CT molecular complexity index is 359. The molecule has 3 nitrogen and oxygen atoms in total. The quantitative estimate of drug-likeness (QED) is 0.778. The highest BCUT2D eigenvalue weighted by Gasteiger charge is 2.27. The van der Waals surface area contributed by atoms with Gasteiger partial charge in [0.2, 0.25) is 0 Å². The van der Waals surface area contributed by atoms with Crippen molar-refractivity contribution in [2.45, 2.75) is 26.6 Å². The molecular weight excluding hydrogens is 245 g/mol. The molecule has 0 aromatic carbocycles. The summed E-state index contributed by atoms with van der Waals surface area (Å²) >= 11 is 5.76. The minimum Gasteiger partial charge on any atom is -0.364 e. The van der Waals surface area contributed by atoms with Crippen LogP contribution in [0.15, 0.2) is 0 Å². The number of hydrogen-bond acceptors (Lipinski definition) is 3. The second-order valence-corrected chi connectivity index (χ2v) is 3.61. The average molecular weight is 255 g/mol. The molecule has 0 aliphatic heterocycles. The molecule has 0 saturated heterocycles. The Labute approximate surface area is 95.6 Å². The molecule has 0 aliphatic carbocycles. The van der Waals surface area contributed by atoms with Gasteiger partial charge in [-0.05, 0) is 13.8 Å². The number of aromatic nitrogens is 2. The molecule has 1 aromatic rings. The van der Waals surface area contributed by atoms with Crippen molar-refractivity contribution in [3.05, 3.63) is 22.2 Å². The van der Waals surface area contributed by atoms with Crippen LogP contribution in [0.2, 0.25) is 5.15 Å². The lowest BCUT2D eigenvalue weighted by Crippen LogP contribution is -2.17. The van der Waals surface area contributed by atoms with Crippen molar-refractivity contribution in [2.75, 3.05) is 6.61 Å². The minimum absolute atomic E-state index is 0.150. The highest BCUT2D eigenvalue weighted by Crippen LogP contribution is 2.17. The first-order valence-electron chi connectivity index (χ1n) is 4.43. The van der Waals surface area contributed by atoms with Crippen molar-refractivity contribution in [2.24, 2.45) is 0 Å². The van der Waals surface area contributed by atoms with Crippen LogP contribution >= 0.6 is 11.6 Å². The summed E-state index contributed by atoms with van der Waals surface area (Å²) in [4.78, 5) is 7.78. The van der Waals surface area contributed by atoms with Gasteiger partial charge in [0.1, 0.15) is 18.4 Å². The number of nitrogens with zero attached hydrogens (tertiary/aromatic N) is 2. The molecule has 0 amide bonds. The van der Waals surface area contributed by atoms with E-state index in [0.29, 0.717) is 11.3 Å². The SMILES string of the molecule is Cc1nc(COCC(F)(F)F)nc(Cl)c1C. The first-order valence-corrected chi connectivity index (χ1v) is 4.81. The van der Waals surface area contributed by atoms with E-state index in [1.165, 1.54) is 0 Å². The van der Waals surface area contributed by atoms with Crippen molar-refractivity contribution >= 4 is 11.6 Å². The molecule has 0 spiro atoms. The molecule has 0 atom stereocenters. The normalized spacial score (nSPS) is 11.9. The third kappa shape index (κ3) is 3.94. The van der Waals surface area contributed by atoms with E-state index in [1.54, 1.807) is 13.8 Å². The van der Waals surface area contributed by atoms with Gasteiger partial charge in [0, 0.05) is 11.3 Å². The maximum atomic E-state index is 11.8. The third-order valence-corrected chi connectivity index (χ3v) is 2.24. The van der Waals surface area contributed by atoms with Crippen molar-refractivity contribution in [3.8, 4) is 0 Å². The summed E-state index contributed by atoms with van der Waals surface area (Å²) < 4.78 is 39.8. The summed E-state index contributed by atoms with van der Waals surface area (Å²) in [5, 5.41) is 0.234. The van der Waals surface area contributed by atoms with Crippen LogP contribution in [-0.4, -0.2) is 22.8 Å². The van der Waals surface area contributed by atoms with Gasteiger partial charge in [0.15, 0.2) is 5.82 Å². The van der Waals surface area contributed by atoms with Crippen LogP contribution in [0, 0.1) is 13.8 Å². The molecule has 0 aliphatic rings. The fourth-order valence-electron chi connectivity index (χ4n) is 0.971. The molecule has 0 fully saturated rings. The van der Waals surface area contributed by atoms with E-state index in [0.717, 1.165) is 0 Å². The molecule has 0 unspecified atom stereocenters. The molecule has 0 bridgehead atoms. The highest BCUT2D eigenvalue weighted by molar-refractivity contribution is 6.30. The Balaban J connectivity index is 2.62. The van der Waals surface area contributed by atoms with Crippen molar-refractivity contribution < 1.29 is 17.9 Å². The number of ether oxygens (including phenoxy) is 1. The Hall–Kier alpha value is -0.880. The summed E-state index contributed by atoms with van der Waals surface area (Å²) in [5.41, 5.74) is 1.34. The molecule has 1 aromatic heterocycles. The Morgan fingerprint density at radius 1 is 1.25 bits per heavy atom. The van der Waals surface area contributed by atoms with Gasteiger partial charge in [-0.2, -0.15) is 13.2 Å². The molecule has 1 heterocycles. The second-order valence-electron chi connectivity index (χ2n) is 3.25. The first-order chi connectivity index (χ1) is 7.29. The predicted molar refractivity (Wildman–Crippen MR) is 52.2 cm³/mol. The fraction of sp³-hybridized carbons (Fsp3) is 0.556. The van der Waals surface area contributed by atoms with E-state index >= 15 is 0 Å². The summed E-state index contributed by atoms with van der Waals surface area (Å²) in [5.74, 6) is 0.150. The lowest BCUT2D eigenvalue weighted by atomic mass is 10.3. The van der Waals surface area contributed by atoms with Gasteiger partial charge in [-0.3, -0.25) is 0 Å². The van der Waals surface area contributed by atoms with Crippen LogP contribution in [0.1, 0.15) is 17.1 Å². The van der Waals surface area contributed by atoms with Crippen LogP contribution < -0.4 is 0 Å². The van der Waals surface area contributed by atoms with Crippen molar-refractivity contribution in [3.63, 3.8) is 0 Å². The van der Waals surface area contributed by atoms with Crippen LogP contribution in [-0.2, 0) is 11.3 Å². The topological polar surface area (TPSA) is 35.0 Å². The lowest BCUT2D eigenvalue weighted by molar-refractivity contribution is -0.177. The minimum atomic E-state index is -4.34. The number of alkyl halides is 3. The highest BCUT2D eigenvalue weighted by atomic mass is 35.5. The summed E-state index contributed by atoms with van der Waals surface area (Å²) in [6.07, 6.45) is -4.34. The number of rotatable bonds is 3. The number of hydrogen-bond donors (Lipinski definition) is 0. The summed E-state index contributed by atoms with van der Waals surface area (Å²) in [6.45, 7) is 1.81. The van der Waals surface area contributed by atoms with Gasteiger partial charge in [0.25, 0.3) is 0 Å². The Morgan fingerprint density at radius 2 is 1.88 bits per heavy atom. The smallest absolute Gasteiger partial charge is 0.364 e. The van der Waals surface area contributed by atoms with Gasteiger partial charge in [-0.1, -0.05) is 11.6 Å². The lowest BCUT2D eigenvalue weighted by Gasteiger charge is -2.08. The van der Waals surface area contributed by atoms with Gasteiger partial charge >= 0.3 is 6.18 Å².